The minimum atomic E-state index is -1.25. The summed E-state index contributed by atoms with van der Waals surface area (Å²) in [7, 11) is 0. The Balaban J connectivity index is 1.41. The summed E-state index contributed by atoms with van der Waals surface area (Å²) in [4.78, 5) is 38.4. The SMILES string of the molecule is O=C(CN1C(=O)[C@@H]2[C@@H](C1=O)C1(Cl)c3ccccc3C2(Cl)c2ccccc21)NCc1ccco1. The number of carbonyl (C=O) groups excluding carboxylic acids is 3. The molecule has 1 aromatic heterocycles. The number of rotatable bonds is 4. The Labute approximate surface area is 199 Å². The largest absolute Gasteiger partial charge is 0.467 e. The highest BCUT2D eigenvalue weighted by molar-refractivity contribution is 6.36. The van der Waals surface area contributed by atoms with Crippen LogP contribution in [0.15, 0.2) is 71.3 Å². The second-order valence-corrected chi connectivity index (χ2v) is 9.78. The molecule has 2 heterocycles. The lowest BCUT2D eigenvalue weighted by atomic mass is 9.54. The van der Waals surface area contributed by atoms with E-state index in [1.807, 2.05) is 48.5 Å². The molecule has 1 saturated heterocycles. The van der Waals surface area contributed by atoms with Crippen molar-refractivity contribution >= 4 is 40.9 Å². The molecular formula is C25H18Cl2N2O4. The van der Waals surface area contributed by atoms with E-state index < -0.39 is 45.9 Å². The number of alkyl halides is 2. The second kappa shape index (κ2) is 6.95. The average molecular weight is 481 g/mol. The lowest BCUT2D eigenvalue weighted by Crippen LogP contribution is -2.57. The molecule has 166 valence electrons. The van der Waals surface area contributed by atoms with Gasteiger partial charge in [-0.05, 0) is 34.4 Å². The lowest BCUT2D eigenvalue weighted by Gasteiger charge is -2.54. The molecule has 0 radical (unpaired) electrons. The maximum Gasteiger partial charge on any atom is 0.240 e. The highest BCUT2D eigenvalue weighted by Gasteiger charge is 2.73. The number of benzene rings is 2. The first kappa shape index (κ1) is 20.5. The van der Waals surface area contributed by atoms with Gasteiger partial charge in [0, 0.05) is 0 Å². The third-order valence-corrected chi connectivity index (χ3v) is 8.30. The minimum absolute atomic E-state index is 0.157. The molecule has 1 N–H and O–H groups in total. The Morgan fingerprint density at radius 3 is 1.76 bits per heavy atom. The molecule has 1 aliphatic heterocycles. The van der Waals surface area contributed by atoms with Crippen molar-refractivity contribution in [2.24, 2.45) is 11.8 Å². The molecule has 0 spiro atoms. The zero-order valence-electron chi connectivity index (χ0n) is 17.3. The molecule has 6 nitrogen and oxygen atoms in total. The number of amides is 3. The first-order valence-electron chi connectivity index (χ1n) is 10.6. The van der Waals surface area contributed by atoms with Gasteiger partial charge in [-0.25, -0.2) is 0 Å². The van der Waals surface area contributed by atoms with E-state index >= 15 is 0 Å². The van der Waals surface area contributed by atoms with Gasteiger partial charge in [0.05, 0.1) is 24.6 Å². The summed E-state index contributed by atoms with van der Waals surface area (Å²) < 4.78 is 5.21. The third-order valence-electron chi connectivity index (χ3n) is 7.02. The predicted molar refractivity (Wildman–Crippen MR) is 120 cm³/mol. The maximum atomic E-state index is 13.6. The third kappa shape index (κ3) is 2.53. The topological polar surface area (TPSA) is 79.6 Å². The maximum absolute atomic E-state index is 13.6. The Bertz CT molecular complexity index is 1200. The molecule has 0 saturated carbocycles. The smallest absolute Gasteiger partial charge is 0.240 e. The summed E-state index contributed by atoms with van der Waals surface area (Å²) in [5.41, 5.74) is 2.91. The number of furan rings is 1. The first-order valence-corrected chi connectivity index (χ1v) is 11.4. The molecule has 3 aliphatic carbocycles. The molecular weight excluding hydrogens is 463 g/mol. The molecule has 3 amide bonds. The number of hydrogen-bond donors (Lipinski definition) is 1. The summed E-state index contributed by atoms with van der Waals surface area (Å²) in [5, 5.41) is 2.68. The van der Waals surface area contributed by atoms with Crippen molar-refractivity contribution in [3.63, 3.8) is 0 Å². The van der Waals surface area contributed by atoms with Crippen molar-refractivity contribution < 1.29 is 18.8 Å². The number of hydrogen-bond acceptors (Lipinski definition) is 4. The van der Waals surface area contributed by atoms with Crippen LogP contribution in [0.2, 0.25) is 0 Å². The van der Waals surface area contributed by atoms with Crippen molar-refractivity contribution in [2.45, 2.75) is 16.3 Å². The van der Waals surface area contributed by atoms with E-state index in [0.29, 0.717) is 5.76 Å². The first-order chi connectivity index (χ1) is 15.9. The van der Waals surface area contributed by atoms with E-state index in [2.05, 4.69) is 5.32 Å². The van der Waals surface area contributed by atoms with E-state index in [1.54, 1.807) is 12.1 Å². The molecule has 3 aromatic rings. The number of nitrogens with zero attached hydrogens (tertiary/aromatic N) is 1. The van der Waals surface area contributed by atoms with Gasteiger partial charge < -0.3 is 9.73 Å². The van der Waals surface area contributed by atoms with E-state index in [9.17, 15) is 14.4 Å². The predicted octanol–water partition coefficient (Wildman–Crippen LogP) is 3.49. The normalized spacial score (nSPS) is 29.0. The summed E-state index contributed by atoms with van der Waals surface area (Å²) >= 11 is 14.7. The lowest BCUT2D eigenvalue weighted by molar-refractivity contribution is -0.143. The molecule has 2 bridgehead atoms. The van der Waals surface area contributed by atoms with Crippen molar-refractivity contribution in [3.05, 3.63) is 94.9 Å². The molecule has 7 rings (SSSR count). The van der Waals surface area contributed by atoms with Crippen LogP contribution in [0, 0.1) is 11.8 Å². The average Bonchev–Trinajstić information content (AvgIpc) is 3.44. The van der Waals surface area contributed by atoms with Crippen molar-refractivity contribution in [2.75, 3.05) is 6.54 Å². The fourth-order valence-corrected chi connectivity index (χ4v) is 6.78. The molecule has 2 atom stereocenters. The van der Waals surface area contributed by atoms with Gasteiger partial charge in [-0.3, -0.25) is 19.3 Å². The van der Waals surface area contributed by atoms with Crippen molar-refractivity contribution in [3.8, 4) is 0 Å². The quantitative estimate of drug-likeness (QED) is 0.457. The van der Waals surface area contributed by atoms with Gasteiger partial charge in [0.2, 0.25) is 17.7 Å². The fourth-order valence-electron chi connectivity index (χ4n) is 5.68. The van der Waals surface area contributed by atoms with Crippen LogP contribution < -0.4 is 5.32 Å². The van der Waals surface area contributed by atoms with Gasteiger partial charge in [-0.15, -0.1) is 23.2 Å². The summed E-state index contributed by atoms with van der Waals surface area (Å²) in [6.07, 6.45) is 1.50. The van der Waals surface area contributed by atoms with Gasteiger partial charge >= 0.3 is 0 Å². The zero-order valence-corrected chi connectivity index (χ0v) is 18.8. The number of likely N-dealkylation sites (tertiary alicyclic amines) is 1. The molecule has 4 aliphatic rings. The van der Waals surface area contributed by atoms with Crippen LogP contribution in [-0.2, 0) is 30.7 Å². The van der Waals surface area contributed by atoms with Gasteiger partial charge in [-0.2, -0.15) is 0 Å². The Kier molecular flexibility index (Phi) is 4.32. The highest BCUT2D eigenvalue weighted by Crippen LogP contribution is 2.69. The molecule has 2 aromatic carbocycles. The van der Waals surface area contributed by atoms with E-state index in [4.69, 9.17) is 27.6 Å². The van der Waals surface area contributed by atoms with Gasteiger partial charge in [0.1, 0.15) is 22.1 Å². The van der Waals surface area contributed by atoms with Gasteiger partial charge in [0.15, 0.2) is 0 Å². The van der Waals surface area contributed by atoms with E-state index in [-0.39, 0.29) is 6.54 Å². The zero-order chi connectivity index (χ0) is 23.0. The Hall–Kier alpha value is -3.09. The van der Waals surface area contributed by atoms with Crippen molar-refractivity contribution in [1.82, 2.24) is 10.2 Å². The summed E-state index contributed by atoms with van der Waals surface area (Å²) in [5.74, 6) is -2.69. The second-order valence-electron chi connectivity index (χ2n) is 8.59. The fraction of sp³-hybridized carbons (Fsp3) is 0.240. The van der Waals surface area contributed by atoms with Crippen LogP contribution in [0.1, 0.15) is 28.0 Å². The Morgan fingerprint density at radius 2 is 1.33 bits per heavy atom. The van der Waals surface area contributed by atoms with Crippen LogP contribution in [0.25, 0.3) is 0 Å². The highest BCUT2D eigenvalue weighted by atomic mass is 35.5. The molecule has 8 heteroatoms. The van der Waals surface area contributed by atoms with Gasteiger partial charge in [-0.1, -0.05) is 48.5 Å². The van der Waals surface area contributed by atoms with Crippen LogP contribution >= 0.6 is 23.2 Å². The van der Waals surface area contributed by atoms with E-state index in [0.717, 1.165) is 27.2 Å². The van der Waals surface area contributed by atoms with Crippen LogP contribution in [-0.4, -0.2) is 29.2 Å². The van der Waals surface area contributed by atoms with Crippen LogP contribution in [0.3, 0.4) is 0 Å². The van der Waals surface area contributed by atoms with Crippen LogP contribution in [0.5, 0.6) is 0 Å². The minimum Gasteiger partial charge on any atom is -0.467 e. The van der Waals surface area contributed by atoms with E-state index in [1.165, 1.54) is 6.26 Å². The van der Waals surface area contributed by atoms with Gasteiger partial charge in [0.25, 0.3) is 0 Å². The number of nitrogens with one attached hydrogen (secondary N) is 1. The van der Waals surface area contributed by atoms with Crippen molar-refractivity contribution in [1.29, 1.82) is 0 Å². The summed E-state index contributed by atoms with van der Waals surface area (Å²) in [6, 6.07) is 18.3. The monoisotopic (exact) mass is 480 g/mol. The summed E-state index contributed by atoms with van der Waals surface area (Å²) in [6.45, 7) is -0.247. The number of imide groups is 1. The van der Waals surface area contributed by atoms with Crippen LogP contribution in [0.4, 0.5) is 0 Å². The molecule has 0 unspecified atom stereocenters. The molecule has 1 fully saturated rings. The number of carbonyl (C=O) groups is 3. The standard InChI is InChI=1S/C25H18Cl2N2O4/c26-24-15-7-1-2-8-16(15)25(27,18-10-4-3-9-17(18)24)21-20(24)22(31)29(23(21)32)13-19(30)28-12-14-6-5-11-33-14/h1-11,20-21H,12-13H2,(H,28,30)/t20-,21-,24?,25?/m0/s1. The molecule has 33 heavy (non-hydrogen) atoms. The number of halogens is 2. The Morgan fingerprint density at radius 1 is 0.848 bits per heavy atom.